The van der Waals surface area contributed by atoms with Gasteiger partial charge in [0.15, 0.2) is 0 Å². The highest BCUT2D eigenvalue weighted by Crippen LogP contribution is 2.26. The van der Waals surface area contributed by atoms with Crippen molar-refractivity contribution in [3.05, 3.63) is 90.8 Å². The number of aromatic nitrogens is 1. The molecule has 2 nitrogen and oxygen atoms in total. The molecule has 25 heavy (non-hydrogen) atoms. The summed E-state index contributed by atoms with van der Waals surface area (Å²) in [5.74, 6) is 0.896. The van der Waals surface area contributed by atoms with E-state index in [0.29, 0.717) is 0 Å². The van der Waals surface area contributed by atoms with Gasteiger partial charge >= 0.3 is 0 Å². The maximum atomic E-state index is 4.11. The van der Waals surface area contributed by atoms with Crippen LogP contribution in [0.25, 0.3) is 0 Å². The lowest BCUT2D eigenvalue weighted by Crippen LogP contribution is -2.19. The van der Waals surface area contributed by atoms with Gasteiger partial charge in [-0.25, -0.2) is 0 Å². The lowest BCUT2D eigenvalue weighted by molar-refractivity contribution is 0.720. The highest BCUT2D eigenvalue weighted by Gasteiger charge is 1.93. The number of pyridine rings is 1. The summed E-state index contributed by atoms with van der Waals surface area (Å²) in [7, 11) is 0. The van der Waals surface area contributed by atoms with Crippen molar-refractivity contribution in [3.63, 3.8) is 0 Å². The summed E-state index contributed by atoms with van der Waals surface area (Å²) >= 11 is 5.89. The van der Waals surface area contributed by atoms with E-state index in [1.54, 1.807) is 18.0 Å². The van der Waals surface area contributed by atoms with Crippen LogP contribution in [-0.2, 0) is 6.42 Å². The van der Waals surface area contributed by atoms with Crippen molar-refractivity contribution in [1.82, 2.24) is 10.3 Å². The Morgan fingerprint density at radius 2 is 1.44 bits per heavy atom. The van der Waals surface area contributed by atoms with Crippen LogP contribution < -0.4 is 5.32 Å². The molecule has 1 N–H and O–H groups in total. The molecule has 0 aliphatic rings. The molecule has 1 aromatic heterocycles. The van der Waals surface area contributed by atoms with E-state index in [1.807, 2.05) is 24.4 Å². The van der Waals surface area contributed by atoms with Crippen LogP contribution >= 0.6 is 24.4 Å². The van der Waals surface area contributed by atoms with Crippen molar-refractivity contribution in [2.45, 2.75) is 16.2 Å². The highest BCUT2D eigenvalue weighted by atomic mass is 32.2. The Hall–Kier alpha value is -1.75. The molecule has 0 radical (unpaired) electrons. The molecule has 0 bridgehead atoms. The van der Waals surface area contributed by atoms with Crippen molar-refractivity contribution < 1.29 is 0 Å². The number of nitrogens with one attached hydrogen (secondary N) is 1. The van der Waals surface area contributed by atoms with Gasteiger partial charge in [0.1, 0.15) is 0 Å². The lowest BCUT2D eigenvalue weighted by atomic mass is 10.2. The summed E-state index contributed by atoms with van der Waals surface area (Å²) in [4.78, 5) is 6.61. The van der Waals surface area contributed by atoms with Crippen LogP contribution in [0.3, 0.4) is 0 Å². The normalized spacial score (nSPS) is 9.96. The minimum atomic E-state index is 0.896. The zero-order valence-electron chi connectivity index (χ0n) is 14.2. The number of hydrogen-bond donors (Lipinski definition) is 2. The van der Waals surface area contributed by atoms with Gasteiger partial charge in [0.05, 0.1) is 0 Å². The van der Waals surface area contributed by atoms with Gasteiger partial charge in [0.2, 0.25) is 0 Å². The van der Waals surface area contributed by atoms with Gasteiger partial charge in [0, 0.05) is 34.5 Å². The van der Waals surface area contributed by atoms with Gasteiger partial charge in [-0.1, -0.05) is 54.2 Å². The fourth-order valence-electron chi connectivity index (χ4n) is 2.10. The molecule has 4 heteroatoms. The first kappa shape index (κ1) is 19.6. The van der Waals surface area contributed by atoms with Crippen LogP contribution in [0.15, 0.2) is 95.0 Å². The molecule has 0 spiro atoms. The minimum Gasteiger partial charge on any atom is -0.316 e. The number of nitrogens with zero attached hydrogens (tertiary/aromatic N) is 1. The van der Waals surface area contributed by atoms with Crippen LogP contribution in [0.4, 0.5) is 0 Å². The van der Waals surface area contributed by atoms with Crippen molar-refractivity contribution in [2.75, 3.05) is 18.8 Å². The Bertz CT molecular complexity index is 639. The molecule has 0 aliphatic heterocycles. The molecular weight excluding hydrogens is 344 g/mol. The van der Waals surface area contributed by atoms with E-state index in [-0.39, 0.29) is 0 Å². The van der Waals surface area contributed by atoms with E-state index in [9.17, 15) is 0 Å². The molecule has 3 aromatic rings. The minimum absolute atomic E-state index is 0.896. The van der Waals surface area contributed by atoms with E-state index in [4.69, 9.17) is 0 Å². The van der Waals surface area contributed by atoms with Gasteiger partial charge in [0.25, 0.3) is 0 Å². The predicted octanol–water partition coefficient (Wildman–Crippen LogP) is 4.98. The van der Waals surface area contributed by atoms with Crippen LogP contribution in [0.2, 0.25) is 0 Å². The third kappa shape index (κ3) is 8.77. The van der Waals surface area contributed by atoms with Crippen molar-refractivity contribution in [1.29, 1.82) is 0 Å². The second kappa shape index (κ2) is 12.6. The Kier molecular flexibility index (Phi) is 9.86. The topological polar surface area (TPSA) is 24.9 Å². The average molecular weight is 369 g/mol. The second-order valence-corrected chi connectivity index (χ2v) is 6.91. The first-order valence-electron chi connectivity index (χ1n) is 8.37. The zero-order chi connectivity index (χ0) is 17.6. The summed E-state index contributed by atoms with van der Waals surface area (Å²) in [6, 6.07) is 24.9. The standard InChI is InChI=1S/C12H10S.C9H14N2S/c1-3-7-11(8-4-1)13-12-9-5-2-6-10-12;12-7-6-10-5-3-9-2-1-4-11-8-9/h1-10H;1-2,4,8,10,12H,3,5-7H2. The number of benzene rings is 2. The van der Waals surface area contributed by atoms with Crippen LogP contribution in [0, 0.1) is 0 Å². The summed E-state index contributed by atoms with van der Waals surface area (Å²) in [6.45, 7) is 1.98. The molecular formula is C21H24N2S2. The van der Waals surface area contributed by atoms with E-state index in [1.165, 1.54) is 15.4 Å². The van der Waals surface area contributed by atoms with Gasteiger partial charge in [-0.05, 0) is 48.9 Å². The lowest BCUT2D eigenvalue weighted by Gasteiger charge is -2.01. The molecule has 3 rings (SSSR count). The van der Waals surface area contributed by atoms with Crippen molar-refractivity contribution >= 4 is 24.4 Å². The summed E-state index contributed by atoms with van der Waals surface area (Å²) in [6.07, 6.45) is 4.74. The Balaban J connectivity index is 0.000000181. The summed E-state index contributed by atoms with van der Waals surface area (Å²) in [5, 5.41) is 3.28. The monoisotopic (exact) mass is 368 g/mol. The number of hydrogen-bond acceptors (Lipinski definition) is 4. The largest absolute Gasteiger partial charge is 0.316 e. The smallest absolute Gasteiger partial charge is 0.0300 e. The quantitative estimate of drug-likeness (QED) is 0.454. The fraction of sp³-hybridized carbons (Fsp3) is 0.190. The van der Waals surface area contributed by atoms with Crippen molar-refractivity contribution in [2.24, 2.45) is 0 Å². The molecule has 0 saturated heterocycles. The third-order valence-corrected chi connectivity index (χ3v) is 4.56. The van der Waals surface area contributed by atoms with Gasteiger partial charge in [-0.15, -0.1) is 0 Å². The number of rotatable bonds is 7. The Morgan fingerprint density at radius 1 is 0.800 bits per heavy atom. The Morgan fingerprint density at radius 3 is 1.96 bits per heavy atom. The maximum absolute atomic E-state index is 4.11. The van der Waals surface area contributed by atoms with Gasteiger partial charge in [-0.2, -0.15) is 12.6 Å². The molecule has 0 saturated carbocycles. The molecule has 0 fully saturated rings. The molecule has 0 aliphatic carbocycles. The average Bonchev–Trinajstić information content (AvgIpc) is 2.68. The summed E-state index contributed by atoms with van der Waals surface area (Å²) < 4.78 is 0. The second-order valence-electron chi connectivity index (χ2n) is 5.31. The first-order valence-corrected chi connectivity index (χ1v) is 9.82. The Labute approximate surface area is 160 Å². The zero-order valence-corrected chi connectivity index (χ0v) is 15.9. The molecule has 0 unspecified atom stereocenters. The SMILES string of the molecule is SCCNCCc1cccnc1.c1ccc(Sc2ccccc2)cc1. The molecule has 2 aromatic carbocycles. The highest BCUT2D eigenvalue weighted by molar-refractivity contribution is 7.99. The van der Waals surface area contributed by atoms with Crippen molar-refractivity contribution in [3.8, 4) is 0 Å². The van der Waals surface area contributed by atoms with E-state index in [2.05, 4.69) is 77.5 Å². The van der Waals surface area contributed by atoms with Gasteiger partial charge < -0.3 is 5.32 Å². The molecule has 1 heterocycles. The van der Waals surface area contributed by atoms with Crippen LogP contribution in [0.5, 0.6) is 0 Å². The first-order chi connectivity index (χ1) is 12.4. The van der Waals surface area contributed by atoms with Crippen LogP contribution in [-0.4, -0.2) is 23.8 Å². The molecule has 0 amide bonds. The van der Waals surface area contributed by atoms with E-state index in [0.717, 1.165) is 25.3 Å². The maximum Gasteiger partial charge on any atom is 0.0300 e. The summed E-state index contributed by atoms with van der Waals surface area (Å²) in [5.41, 5.74) is 1.28. The van der Waals surface area contributed by atoms with E-state index >= 15 is 0 Å². The third-order valence-electron chi connectivity index (χ3n) is 3.32. The number of thiol groups is 1. The molecule has 130 valence electrons. The van der Waals surface area contributed by atoms with Crippen LogP contribution in [0.1, 0.15) is 5.56 Å². The fourth-order valence-corrected chi connectivity index (χ4v) is 3.11. The predicted molar refractivity (Wildman–Crippen MR) is 112 cm³/mol. The molecule has 0 atom stereocenters. The van der Waals surface area contributed by atoms with E-state index < -0.39 is 0 Å². The van der Waals surface area contributed by atoms with Gasteiger partial charge in [-0.3, -0.25) is 4.98 Å².